The van der Waals surface area contributed by atoms with E-state index in [1.54, 1.807) is 0 Å². The van der Waals surface area contributed by atoms with Gasteiger partial charge in [0.15, 0.2) is 5.82 Å². The first kappa shape index (κ1) is 17.2. The van der Waals surface area contributed by atoms with E-state index in [1.807, 2.05) is 55.5 Å². The molecular weight excluding hydrogens is 378 g/mol. The van der Waals surface area contributed by atoms with Gasteiger partial charge in [0, 0.05) is 6.54 Å². The van der Waals surface area contributed by atoms with E-state index in [9.17, 15) is 5.26 Å². The van der Waals surface area contributed by atoms with Crippen LogP contribution in [0.3, 0.4) is 0 Å². The predicted octanol–water partition coefficient (Wildman–Crippen LogP) is 5.28. The number of nitrogens with zero attached hydrogens (tertiary/aromatic N) is 3. The van der Waals surface area contributed by atoms with E-state index >= 15 is 0 Å². The molecule has 0 aliphatic carbocycles. The third-order valence-electron chi connectivity index (χ3n) is 3.90. The lowest BCUT2D eigenvalue weighted by Crippen LogP contribution is -2.00. The summed E-state index contributed by atoms with van der Waals surface area (Å²) in [5, 5.41) is 9.69. The number of ether oxygens (including phenoxy) is 1. The van der Waals surface area contributed by atoms with Gasteiger partial charge in [-0.3, -0.25) is 0 Å². The summed E-state index contributed by atoms with van der Waals surface area (Å²) in [6, 6.07) is 16.0. The number of imidazole rings is 1. The van der Waals surface area contributed by atoms with Crippen LogP contribution in [0.1, 0.15) is 25.2 Å². The zero-order valence-corrected chi connectivity index (χ0v) is 15.7. The van der Waals surface area contributed by atoms with Crippen LogP contribution < -0.4 is 4.74 Å². The Morgan fingerprint density at radius 1 is 1.28 bits per heavy atom. The summed E-state index contributed by atoms with van der Waals surface area (Å²) in [5.74, 6) is 1.48. The average Bonchev–Trinajstić information content (AvgIpc) is 3.00. The number of rotatable bonds is 5. The third-order valence-corrected chi connectivity index (χ3v) is 4.52. The van der Waals surface area contributed by atoms with E-state index in [4.69, 9.17) is 4.74 Å². The van der Waals surface area contributed by atoms with Crippen molar-refractivity contribution in [3.05, 3.63) is 58.3 Å². The molecule has 25 heavy (non-hydrogen) atoms. The lowest BCUT2D eigenvalue weighted by molar-refractivity contribution is 0.338. The monoisotopic (exact) mass is 395 g/mol. The van der Waals surface area contributed by atoms with Gasteiger partial charge in [0.05, 0.1) is 27.7 Å². The van der Waals surface area contributed by atoms with Gasteiger partial charge in [-0.25, -0.2) is 4.98 Å². The van der Waals surface area contributed by atoms with Crippen LogP contribution >= 0.6 is 15.9 Å². The Labute approximate surface area is 155 Å². The molecule has 5 heteroatoms. The van der Waals surface area contributed by atoms with Crippen LogP contribution in [0, 0.1) is 11.3 Å². The van der Waals surface area contributed by atoms with Crippen molar-refractivity contribution in [2.75, 3.05) is 6.61 Å². The number of fused-ring (bicyclic) bond motifs is 1. The summed E-state index contributed by atoms with van der Waals surface area (Å²) in [5.41, 5.74) is 3.39. The zero-order chi connectivity index (χ0) is 17.8. The molecule has 0 atom stereocenters. The second kappa shape index (κ2) is 7.54. The average molecular weight is 396 g/mol. The molecule has 0 amide bonds. The smallest absolute Gasteiger partial charge is 0.151 e. The van der Waals surface area contributed by atoms with E-state index in [-0.39, 0.29) is 0 Å². The fourth-order valence-electron chi connectivity index (χ4n) is 2.79. The molecule has 0 bridgehead atoms. The molecule has 2 aromatic carbocycles. The lowest BCUT2D eigenvalue weighted by Gasteiger charge is -2.07. The van der Waals surface area contributed by atoms with Gasteiger partial charge >= 0.3 is 0 Å². The molecule has 0 N–H and O–H groups in total. The van der Waals surface area contributed by atoms with Crippen LogP contribution in [0.5, 0.6) is 5.75 Å². The first-order chi connectivity index (χ1) is 12.2. The highest BCUT2D eigenvalue weighted by Crippen LogP contribution is 2.28. The van der Waals surface area contributed by atoms with Crippen molar-refractivity contribution in [1.29, 1.82) is 5.26 Å². The molecule has 4 nitrogen and oxygen atoms in total. The van der Waals surface area contributed by atoms with Crippen LogP contribution in [0.25, 0.3) is 22.7 Å². The van der Waals surface area contributed by atoms with E-state index < -0.39 is 0 Å². The molecule has 0 aliphatic rings. The summed E-state index contributed by atoms with van der Waals surface area (Å²) in [7, 11) is 0. The topological polar surface area (TPSA) is 50.8 Å². The van der Waals surface area contributed by atoms with Crippen molar-refractivity contribution in [3.8, 4) is 11.8 Å². The number of halogens is 1. The van der Waals surface area contributed by atoms with Crippen molar-refractivity contribution in [3.63, 3.8) is 0 Å². The van der Waals surface area contributed by atoms with Crippen molar-refractivity contribution < 1.29 is 4.74 Å². The van der Waals surface area contributed by atoms with Gasteiger partial charge in [0.25, 0.3) is 0 Å². The highest BCUT2D eigenvalue weighted by molar-refractivity contribution is 9.10. The Hall–Kier alpha value is -2.58. The predicted molar refractivity (Wildman–Crippen MR) is 104 cm³/mol. The SMILES string of the molecule is CCOc1ccc(/C=C(/C#N)c2nc3ccccc3n2CC)cc1Br. The summed E-state index contributed by atoms with van der Waals surface area (Å²) < 4.78 is 8.46. The van der Waals surface area contributed by atoms with Gasteiger partial charge in [-0.2, -0.15) is 5.26 Å². The van der Waals surface area contributed by atoms with Crippen LogP contribution in [0.4, 0.5) is 0 Å². The molecule has 3 rings (SSSR count). The Balaban J connectivity index is 2.07. The van der Waals surface area contributed by atoms with E-state index in [0.717, 1.165) is 33.4 Å². The highest BCUT2D eigenvalue weighted by Gasteiger charge is 2.13. The Bertz CT molecular complexity index is 982. The van der Waals surface area contributed by atoms with Gasteiger partial charge in [0.1, 0.15) is 11.8 Å². The Morgan fingerprint density at radius 3 is 2.76 bits per heavy atom. The second-order valence-electron chi connectivity index (χ2n) is 5.46. The van der Waals surface area contributed by atoms with Crippen LogP contribution in [-0.2, 0) is 6.54 Å². The summed E-state index contributed by atoms with van der Waals surface area (Å²) in [6.45, 7) is 5.36. The number of hydrogen-bond acceptors (Lipinski definition) is 3. The maximum absolute atomic E-state index is 9.69. The number of hydrogen-bond donors (Lipinski definition) is 0. The van der Waals surface area contributed by atoms with Crippen LogP contribution in [-0.4, -0.2) is 16.2 Å². The molecule has 1 heterocycles. The number of nitriles is 1. The summed E-state index contributed by atoms with van der Waals surface area (Å²) in [4.78, 5) is 4.66. The molecule has 126 valence electrons. The van der Waals surface area contributed by atoms with Crippen molar-refractivity contribution in [2.45, 2.75) is 20.4 Å². The minimum atomic E-state index is 0.536. The summed E-state index contributed by atoms with van der Waals surface area (Å²) in [6.07, 6.45) is 1.86. The van der Waals surface area contributed by atoms with Crippen molar-refractivity contribution in [1.82, 2.24) is 9.55 Å². The van der Waals surface area contributed by atoms with E-state index in [1.165, 1.54) is 0 Å². The molecule has 0 saturated carbocycles. The Kier molecular flexibility index (Phi) is 5.20. The van der Waals surface area contributed by atoms with Gasteiger partial charge in [-0.05, 0) is 65.7 Å². The summed E-state index contributed by atoms with van der Waals surface area (Å²) >= 11 is 3.51. The minimum Gasteiger partial charge on any atom is -0.493 e. The van der Waals surface area contributed by atoms with Gasteiger partial charge in [-0.15, -0.1) is 0 Å². The van der Waals surface area contributed by atoms with E-state index in [0.29, 0.717) is 18.0 Å². The van der Waals surface area contributed by atoms with Crippen LogP contribution in [0.15, 0.2) is 46.9 Å². The largest absolute Gasteiger partial charge is 0.493 e. The van der Waals surface area contributed by atoms with Crippen molar-refractivity contribution >= 4 is 38.6 Å². The second-order valence-corrected chi connectivity index (χ2v) is 6.32. The number of allylic oxidation sites excluding steroid dienone is 1. The molecule has 0 radical (unpaired) electrons. The lowest BCUT2D eigenvalue weighted by atomic mass is 10.1. The number of benzene rings is 2. The molecule has 1 aromatic heterocycles. The zero-order valence-electron chi connectivity index (χ0n) is 14.2. The standard InChI is InChI=1S/C20H18BrN3O/c1-3-24-18-8-6-5-7-17(18)23-20(24)15(13-22)11-14-9-10-19(25-4-2)16(21)12-14/h5-12H,3-4H2,1-2H3/b15-11-. The molecule has 0 spiro atoms. The fourth-order valence-corrected chi connectivity index (χ4v) is 3.31. The highest BCUT2D eigenvalue weighted by atomic mass is 79.9. The maximum atomic E-state index is 9.69. The van der Waals surface area contributed by atoms with Gasteiger partial charge in [0.2, 0.25) is 0 Å². The van der Waals surface area contributed by atoms with Crippen LogP contribution in [0.2, 0.25) is 0 Å². The maximum Gasteiger partial charge on any atom is 0.151 e. The quantitative estimate of drug-likeness (QED) is 0.552. The molecule has 3 aromatic rings. The normalized spacial score (nSPS) is 11.5. The van der Waals surface area contributed by atoms with Gasteiger partial charge in [-0.1, -0.05) is 18.2 Å². The number of aromatic nitrogens is 2. The third kappa shape index (κ3) is 3.45. The number of aryl methyl sites for hydroxylation is 1. The van der Waals surface area contributed by atoms with E-state index in [2.05, 4.69) is 38.5 Å². The Morgan fingerprint density at radius 2 is 2.08 bits per heavy atom. The van der Waals surface area contributed by atoms with Gasteiger partial charge < -0.3 is 9.30 Å². The number of para-hydroxylation sites is 2. The molecule has 0 saturated heterocycles. The molecule has 0 unspecified atom stereocenters. The molecule has 0 fully saturated rings. The first-order valence-electron chi connectivity index (χ1n) is 8.17. The molecule has 0 aliphatic heterocycles. The fraction of sp³-hybridized carbons (Fsp3) is 0.200. The molecular formula is C20H18BrN3O. The first-order valence-corrected chi connectivity index (χ1v) is 8.97. The minimum absolute atomic E-state index is 0.536. The van der Waals surface area contributed by atoms with Crippen molar-refractivity contribution in [2.24, 2.45) is 0 Å².